The van der Waals surface area contributed by atoms with Gasteiger partial charge in [0.1, 0.15) is 29.8 Å². The zero-order valence-electron chi connectivity index (χ0n) is 29.4. The number of amides is 3. The van der Waals surface area contributed by atoms with E-state index in [1.165, 1.54) is 0 Å². The lowest BCUT2D eigenvalue weighted by Crippen LogP contribution is -2.56. The number of nitrogens with one attached hydrogen (secondary N) is 1. The number of unbranched alkanes of at least 4 members (excludes halogenated alkanes) is 1. The fourth-order valence-corrected chi connectivity index (χ4v) is 8.76. The second-order valence-electron chi connectivity index (χ2n) is 13.6. The summed E-state index contributed by atoms with van der Waals surface area (Å²) in [4.78, 5) is 62.6. The van der Waals surface area contributed by atoms with Crippen molar-refractivity contribution in [2.24, 2.45) is 11.8 Å². The number of halogens is 1. The first kappa shape index (κ1) is 36.8. The van der Waals surface area contributed by atoms with Crippen LogP contribution < -0.4 is 15.1 Å². The Balaban J connectivity index is 1.44. The van der Waals surface area contributed by atoms with Gasteiger partial charge in [0.05, 0.1) is 12.0 Å². The van der Waals surface area contributed by atoms with Gasteiger partial charge in [-0.2, -0.15) is 0 Å². The molecule has 2 fully saturated rings. The van der Waals surface area contributed by atoms with Gasteiger partial charge in [0.15, 0.2) is 0 Å². The molecule has 1 spiro atoms. The third kappa shape index (κ3) is 6.97. The van der Waals surface area contributed by atoms with Crippen LogP contribution >= 0.6 is 15.9 Å². The molecule has 0 aliphatic carbocycles. The summed E-state index contributed by atoms with van der Waals surface area (Å²) >= 11 is 3.62. The summed E-state index contributed by atoms with van der Waals surface area (Å²) in [6.07, 6.45) is 5.42. The predicted molar refractivity (Wildman–Crippen MR) is 197 cm³/mol. The number of esters is 1. The molecular formula is C39H47BrN4O7. The van der Waals surface area contributed by atoms with Crippen LogP contribution in [0.3, 0.4) is 0 Å². The number of carbonyl (C=O) groups is 4. The minimum absolute atomic E-state index is 0.0560. The highest BCUT2D eigenvalue weighted by Crippen LogP contribution is 2.59. The van der Waals surface area contributed by atoms with Gasteiger partial charge in [-0.1, -0.05) is 58.4 Å². The first-order valence-corrected chi connectivity index (χ1v) is 18.8. The molecule has 5 bridgehead atoms. The first-order chi connectivity index (χ1) is 24.6. The SMILES string of the molecule is CCN(CC)c1ccc(N2C/C=C\CCC(=O)N[C@H](C)[C@@H](c3ccccc3)OC(=O)[C@@H]3[C@H]4O[C@@]5(C=C4Br)[C@H](C2=O)N(CCCCO)C(=O)[C@@H]35)cc1. The highest BCUT2D eigenvalue weighted by Gasteiger charge is 2.75. The van der Waals surface area contributed by atoms with Crippen molar-refractivity contribution in [1.82, 2.24) is 10.2 Å². The van der Waals surface area contributed by atoms with Gasteiger partial charge in [-0.25, -0.2) is 0 Å². The van der Waals surface area contributed by atoms with E-state index in [4.69, 9.17) is 9.47 Å². The summed E-state index contributed by atoms with van der Waals surface area (Å²) in [5.41, 5.74) is 0.936. The molecule has 2 N–H and O–H groups in total. The summed E-state index contributed by atoms with van der Waals surface area (Å²) in [5.74, 6) is -3.61. The predicted octanol–water partition coefficient (Wildman–Crippen LogP) is 4.65. The van der Waals surface area contributed by atoms with Gasteiger partial charge in [-0.15, -0.1) is 0 Å². The molecule has 272 valence electrons. The Bertz CT molecular complexity index is 1660. The maximum atomic E-state index is 15.1. The van der Waals surface area contributed by atoms with Gasteiger partial charge in [-0.3, -0.25) is 19.2 Å². The van der Waals surface area contributed by atoms with Crippen LogP contribution in [0.2, 0.25) is 0 Å². The monoisotopic (exact) mass is 762 g/mol. The minimum atomic E-state index is -1.43. The van der Waals surface area contributed by atoms with Crippen molar-refractivity contribution in [1.29, 1.82) is 0 Å². The maximum absolute atomic E-state index is 15.1. The van der Waals surface area contributed by atoms with Crippen molar-refractivity contribution in [2.75, 3.05) is 42.6 Å². The van der Waals surface area contributed by atoms with Crippen LogP contribution in [0.5, 0.6) is 0 Å². The van der Waals surface area contributed by atoms with Crippen molar-refractivity contribution in [3.8, 4) is 0 Å². The molecule has 0 aromatic heterocycles. The van der Waals surface area contributed by atoms with E-state index in [1.54, 1.807) is 22.8 Å². The maximum Gasteiger partial charge on any atom is 0.313 e. The Morgan fingerprint density at radius 1 is 0.961 bits per heavy atom. The lowest BCUT2D eigenvalue weighted by Gasteiger charge is -2.36. The number of ether oxygens (including phenoxy) is 2. The van der Waals surface area contributed by atoms with Gasteiger partial charge < -0.3 is 34.6 Å². The van der Waals surface area contributed by atoms with Crippen LogP contribution in [0.4, 0.5) is 11.4 Å². The van der Waals surface area contributed by atoms with E-state index in [2.05, 4.69) is 40.0 Å². The molecule has 4 heterocycles. The largest absolute Gasteiger partial charge is 0.455 e. The second-order valence-corrected chi connectivity index (χ2v) is 14.5. The Hall–Kier alpha value is -4.00. The zero-order chi connectivity index (χ0) is 36.3. The van der Waals surface area contributed by atoms with Crippen molar-refractivity contribution >= 4 is 51.0 Å². The molecule has 2 aromatic rings. The number of likely N-dealkylation sites (tertiary alicyclic amines) is 1. The Morgan fingerprint density at radius 3 is 2.37 bits per heavy atom. The van der Waals surface area contributed by atoms with E-state index in [1.807, 2.05) is 66.7 Å². The van der Waals surface area contributed by atoms with Crippen molar-refractivity contribution in [3.05, 3.63) is 82.9 Å². The molecule has 4 aliphatic rings. The van der Waals surface area contributed by atoms with Crippen LogP contribution in [0.1, 0.15) is 58.1 Å². The number of hydrogen-bond donors (Lipinski definition) is 2. The quantitative estimate of drug-likeness (QED) is 0.215. The lowest BCUT2D eigenvalue weighted by molar-refractivity contribution is -0.161. The second kappa shape index (κ2) is 15.7. The summed E-state index contributed by atoms with van der Waals surface area (Å²) in [6.45, 7) is 7.97. The van der Waals surface area contributed by atoms with Gasteiger partial charge in [-0.05, 0) is 75.9 Å². The molecule has 0 radical (unpaired) electrons. The summed E-state index contributed by atoms with van der Waals surface area (Å²) < 4.78 is 13.5. The number of hydrogen-bond acceptors (Lipinski definition) is 8. The Labute approximate surface area is 307 Å². The van der Waals surface area contributed by atoms with Crippen LogP contribution in [-0.4, -0.2) is 90.3 Å². The minimum Gasteiger partial charge on any atom is -0.455 e. The van der Waals surface area contributed by atoms with Gasteiger partial charge in [0, 0.05) is 55.1 Å². The summed E-state index contributed by atoms with van der Waals surface area (Å²) in [5, 5.41) is 12.6. The topological polar surface area (TPSA) is 129 Å². The third-order valence-electron chi connectivity index (χ3n) is 10.5. The molecule has 6 rings (SSSR count). The number of aliphatic hydroxyl groups is 1. The number of cyclic esters (lactones) is 1. The number of fused-ring (bicyclic) bond motifs is 2. The van der Waals surface area contributed by atoms with Crippen LogP contribution in [0, 0.1) is 11.8 Å². The van der Waals surface area contributed by atoms with E-state index in [9.17, 15) is 19.5 Å². The highest BCUT2D eigenvalue weighted by molar-refractivity contribution is 9.11. The molecular weight excluding hydrogens is 716 g/mol. The van der Waals surface area contributed by atoms with Gasteiger partial charge >= 0.3 is 5.97 Å². The zero-order valence-corrected chi connectivity index (χ0v) is 31.0. The first-order valence-electron chi connectivity index (χ1n) is 18.0. The standard InChI is InChI=1S/C39H47BrN4O7/c1-4-42(5-2)27-17-19-28(20-18-27)43-21-11-7-10-16-30(46)41-25(3)33(26-14-8-6-9-15-26)50-38(49)31-32-36(47)44(22-12-13-23-45)35(37(43)48)39(32)24-29(40)34(31)51-39/h6-9,11,14-15,17-20,24-25,31-35,45H,4-5,10,12-13,16,21-23H2,1-3H3,(H,41,46)/b11-7-/t25-,31+,32-,33+,34+,35+,39-/m1/s1. The summed E-state index contributed by atoms with van der Waals surface area (Å²) in [6, 6.07) is 15.3. The number of carbonyl (C=O) groups excluding carboxylic acids is 4. The van der Waals surface area contributed by atoms with Gasteiger partial charge in [0.25, 0.3) is 5.91 Å². The normalized spacial score (nSPS) is 30.2. The molecule has 0 unspecified atom stereocenters. The van der Waals surface area contributed by atoms with Gasteiger partial charge in [0.2, 0.25) is 11.8 Å². The van der Waals surface area contributed by atoms with Crippen molar-refractivity contribution in [2.45, 2.75) is 76.3 Å². The molecule has 11 nitrogen and oxygen atoms in total. The molecule has 4 aliphatic heterocycles. The van der Waals surface area contributed by atoms with Crippen molar-refractivity contribution < 1.29 is 33.8 Å². The van der Waals surface area contributed by atoms with Crippen LogP contribution in [0.25, 0.3) is 0 Å². The highest BCUT2D eigenvalue weighted by atomic mass is 79.9. The third-order valence-corrected chi connectivity index (χ3v) is 11.2. The number of rotatable bonds is 9. The van der Waals surface area contributed by atoms with Crippen LogP contribution in [-0.2, 0) is 28.7 Å². The Kier molecular flexibility index (Phi) is 11.3. The molecule has 2 aromatic carbocycles. The molecule has 3 amide bonds. The smallest absolute Gasteiger partial charge is 0.313 e. The number of benzene rings is 2. The lowest BCUT2D eigenvalue weighted by atomic mass is 9.74. The molecule has 2 saturated heterocycles. The van der Waals surface area contributed by atoms with E-state index < -0.39 is 47.7 Å². The van der Waals surface area contributed by atoms with E-state index in [0.29, 0.717) is 35.0 Å². The summed E-state index contributed by atoms with van der Waals surface area (Å²) in [7, 11) is 0. The van der Waals surface area contributed by atoms with E-state index in [0.717, 1.165) is 18.8 Å². The average molecular weight is 764 g/mol. The number of allylic oxidation sites excluding steroid dienone is 1. The molecule has 7 atom stereocenters. The number of nitrogens with zero attached hydrogens (tertiary/aromatic N) is 3. The van der Waals surface area contributed by atoms with E-state index >= 15 is 4.79 Å². The van der Waals surface area contributed by atoms with E-state index in [-0.39, 0.29) is 43.8 Å². The fourth-order valence-electron chi connectivity index (χ4n) is 8.02. The Morgan fingerprint density at radius 2 is 1.69 bits per heavy atom. The molecule has 12 heteroatoms. The number of anilines is 2. The molecule has 0 saturated carbocycles. The molecule has 51 heavy (non-hydrogen) atoms. The number of aliphatic hydroxyl groups excluding tert-OH is 1. The average Bonchev–Trinajstić information content (AvgIpc) is 3.72. The van der Waals surface area contributed by atoms with Crippen LogP contribution in [0.15, 0.2) is 77.3 Å². The fraction of sp³-hybridized carbons (Fsp3) is 0.487. The van der Waals surface area contributed by atoms with Crippen molar-refractivity contribution in [3.63, 3.8) is 0 Å².